The monoisotopic (exact) mass is 227 g/mol. The Hall–Kier alpha value is -0.610. The Labute approximate surface area is 98.8 Å². The summed E-state index contributed by atoms with van der Waals surface area (Å²) in [5.41, 5.74) is 0. The summed E-state index contributed by atoms with van der Waals surface area (Å²) in [6.07, 6.45) is 0. The van der Waals surface area contributed by atoms with Gasteiger partial charge in [-0.2, -0.15) is 0 Å². The van der Waals surface area contributed by atoms with E-state index < -0.39 is 0 Å². The summed E-state index contributed by atoms with van der Waals surface area (Å²) < 4.78 is 0. The van der Waals surface area contributed by atoms with Crippen LogP contribution in [0.25, 0.3) is 0 Å². The minimum Gasteiger partial charge on any atom is -0.341 e. The van der Waals surface area contributed by atoms with Crippen LogP contribution in [0.15, 0.2) is 0 Å². The molecule has 1 aliphatic rings. The van der Waals surface area contributed by atoms with E-state index in [1.165, 1.54) is 0 Å². The summed E-state index contributed by atoms with van der Waals surface area (Å²) in [6, 6.07) is 0.674. The number of hydrogen-bond acceptors (Lipinski definition) is 3. The minimum absolute atomic E-state index is 0.0672. The van der Waals surface area contributed by atoms with Crippen molar-refractivity contribution in [3.63, 3.8) is 0 Å². The van der Waals surface area contributed by atoms with Crippen LogP contribution in [0.2, 0.25) is 0 Å². The number of piperazine rings is 1. The molecule has 1 saturated heterocycles. The molecule has 1 aliphatic heterocycles. The van der Waals surface area contributed by atoms with E-state index >= 15 is 0 Å². The van der Waals surface area contributed by atoms with Crippen LogP contribution in [0.3, 0.4) is 0 Å². The Morgan fingerprint density at radius 1 is 1.25 bits per heavy atom. The van der Waals surface area contributed by atoms with Gasteiger partial charge >= 0.3 is 0 Å². The SMILES string of the molecule is CC1CNC(C(=O)N(C)C(C)C(C)C)CN1. The molecule has 3 atom stereocenters. The van der Waals surface area contributed by atoms with Gasteiger partial charge in [0.15, 0.2) is 0 Å². The van der Waals surface area contributed by atoms with Gasteiger partial charge in [0.25, 0.3) is 0 Å². The number of nitrogens with one attached hydrogen (secondary N) is 2. The number of carbonyl (C=O) groups excluding carboxylic acids is 1. The number of nitrogens with zero attached hydrogens (tertiary/aromatic N) is 1. The summed E-state index contributed by atoms with van der Waals surface area (Å²) in [4.78, 5) is 14.0. The lowest BCUT2D eigenvalue weighted by Gasteiger charge is -2.35. The van der Waals surface area contributed by atoms with Crippen LogP contribution >= 0.6 is 0 Å². The van der Waals surface area contributed by atoms with Crippen LogP contribution in [0.4, 0.5) is 0 Å². The number of likely N-dealkylation sites (N-methyl/N-ethyl adjacent to an activating group) is 1. The van der Waals surface area contributed by atoms with Gasteiger partial charge in [-0.15, -0.1) is 0 Å². The van der Waals surface area contributed by atoms with Crippen molar-refractivity contribution >= 4 is 5.91 Å². The summed E-state index contributed by atoms with van der Waals surface area (Å²) in [5.74, 6) is 0.685. The predicted octanol–water partition coefficient (Wildman–Crippen LogP) is 0.439. The number of carbonyl (C=O) groups is 1. The van der Waals surface area contributed by atoms with Gasteiger partial charge in [0.1, 0.15) is 0 Å². The van der Waals surface area contributed by atoms with Gasteiger partial charge in [-0.1, -0.05) is 13.8 Å². The van der Waals surface area contributed by atoms with Gasteiger partial charge in [-0.3, -0.25) is 4.79 Å². The maximum atomic E-state index is 12.2. The highest BCUT2D eigenvalue weighted by molar-refractivity contribution is 5.82. The van der Waals surface area contributed by atoms with Gasteiger partial charge in [-0.05, 0) is 19.8 Å². The molecule has 0 aromatic rings. The average molecular weight is 227 g/mol. The Bertz CT molecular complexity index is 234. The van der Waals surface area contributed by atoms with Crippen molar-refractivity contribution < 1.29 is 4.79 Å². The van der Waals surface area contributed by atoms with Gasteiger partial charge in [0.05, 0.1) is 6.04 Å². The molecule has 0 aromatic carbocycles. The molecule has 0 spiro atoms. The second-order valence-corrected chi connectivity index (χ2v) is 5.20. The van der Waals surface area contributed by atoms with Crippen LogP contribution in [-0.4, -0.2) is 49.1 Å². The van der Waals surface area contributed by atoms with E-state index in [0.29, 0.717) is 12.0 Å². The molecule has 1 rings (SSSR count). The van der Waals surface area contributed by atoms with Crippen LogP contribution in [0, 0.1) is 5.92 Å². The molecule has 0 saturated carbocycles. The van der Waals surface area contributed by atoms with Gasteiger partial charge in [0.2, 0.25) is 5.91 Å². The molecule has 0 aromatic heterocycles. The molecule has 0 radical (unpaired) electrons. The van der Waals surface area contributed by atoms with Gasteiger partial charge in [-0.25, -0.2) is 0 Å². The Morgan fingerprint density at radius 3 is 2.31 bits per heavy atom. The van der Waals surface area contributed by atoms with Crippen LogP contribution in [0.1, 0.15) is 27.7 Å². The first-order chi connectivity index (χ1) is 7.43. The van der Waals surface area contributed by atoms with Crippen molar-refractivity contribution in [2.45, 2.75) is 45.8 Å². The zero-order valence-corrected chi connectivity index (χ0v) is 11.1. The highest BCUT2D eigenvalue weighted by Gasteiger charge is 2.28. The van der Waals surface area contributed by atoms with E-state index in [1.54, 1.807) is 0 Å². The maximum absolute atomic E-state index is 12.2. The summed E-state index contributed by atoms with van der Waals surface area (Å²) in [5, 5.41) is 6.62. The van der Waals surface area contributed by atoms with E-state index in [9.17, 15) is 4.79 Å². The number of amides is 1. The Kier molecular flexibility index (Phi) is 4.74. The van der Waals surface area contributed by atoms with Gasteiger partial charge < -0.3 is 15.5 Å². The molecular weight excluding hydrogens is 202 g/mol. The van der Waals surface area contributed by atoms with Crippen molar-refractivity contribution in [1.29, 1.82) is 0 Å². The second kappa shape index (κ2) is 5.64. The first kappa shape index (κ1) is 13.5. The Balaban J connectivity index is 2.50. The molecule has 1 heterocycles. The normalized spacial score (nSPS) is 27.9. The molecule has 1 amide bonds. The third-order valence-electron chi connectivity index (χ3n) is 3.56. The minimum atomic E-state index is -0.0672. The first-order valence-corrected chi connectivity index (χ1v) is 6.17. The van der Waals surface area contributed by atoms with E-state index in [-0.39, 0.29) is 18.0 Å². The fourth-order valence-electron chi connectivity index (χ4n) is 1.85. The lowest BCUT2D eigenvalue weighted by atomic mass is 10.0. The van der Waals surface area contributed by atoms with Crippen LogP contribution in [0.5, 0.6) is 0 Å². The molecule has 2 N–H and O–H groups in total. The predicted molar refractivity (Wildman–Crippen MR) is 66.3 cm³/mol. The topological polar surface area (TPSA) is 44.4 Å². The van der Waals surface area contributed by atoms with Crippen molar-refractivity contribution in [3.8, 4) is 0 Å². The summed E-state index contributed by atoms with van der Waals surface area (Å²) >= 11 is 0. The lowest BCUT2D eigenvalue weighted by molar-refractivity contribution is -0.135. The van der Waals surface area contributed by atoms with E-state index in [2.05, 4.69) is 38.3 Å². The lowest BCUT2D eigenvalue weighted by Crippen LogP contribution is -2.60. The smallest absolute Gasteiger partial charge is 0.241 e. The van der Waals surface area contributed by atoms with Gasteiger partial charge in [0, 0.05) is 32.2 Å². The standard InChI is InChI=1S/C12H25N3O/c1-8(2)10(4)15(5)12(16)11-7-13-9(3)6-14-11/h8-11,13-14H,6-7H2,1-5H3. The highest BCUT2D eigenvalue weighted by Crippen LogP contribution is 2.10. The van der Waals surface area contributed by atoms with Crippen molar-refractivity contribution in [3.05, 3.63) is 0 Å². The highest BCUT2D eigenvalue weighted by atomic mass is 16.2. The van der Waals surface area contributed by atoms with Crippen molar-refractivity contribution in [1.82, 2.24) is 15.5 Å². The number of rotatable bonds is 3. The Morgan fingerprint density at radius 2 is 1.88 bits per heavy atom. The molecular formula is C12H25N3O. The van der Waals surface area contributed by atoms with Crippen LogP contribution < -0.4 is 10.6 Å². The molecule has 0 aliphatic carbocycles. The fourth-order valence-corrected chi connectivity index (χ4v) is 1.85. The molecule has 1 fully saturated rings. The fraction of sp³-hybridized carbons (Fsp3) is 0.917. The van der Waals surface area contributed by atoms with E-state index in [1.807, 2.05) is 11.9 Å². The third-order valence-corrected chi connectivity index (χ3v) is 3.56. The molecule has 16 heavy (non-hydrogen) atoms. The molecule has 0 bridgehead atoms. The van der Waals surface area contributed by atoms with Crippen molar-refractivity contribution in [2.24, 2.45) is 5.92 Å². The average Bonchev–Trinajstić information content (AvgIpc) is 2.27. The summed E-state index contributed by atoms with van der Waals surface area (Å²) in [7, 11) is 1.90. The second-order valence-electron chi connectivity index (χ2n) is 5.20. The zero-order valence-electron chi connectivity index (χ0n) is 11.1. The quantitative estimate of drug-likeness (QED) is 0.735. The maximum Gasteiger partial charge on any atom is 0.241 e. The molecule has 94 valence electrons. The van der Waals surface area contributed by atoms with E-state index in [4.69, 9.17) is 0 Å². The molecule has 4 heteroatoms. The van der Waals surface area contributed by atoms with Crippen LogP contribution in [-0.2, 0) is 4.79 Å². The largest absolute Gasteiger partial charge is 0.341 e. The summed E-state index contributed by atoms with van der Waals surface area (Å²) in [6.45, 7) is 10.1. The third kappa shape index (κ3) is 3.19. The molecule has 3 unspecified atom stereocenters. The number of hydrogen-bond donors (Lipinski definition) is 2. The molecule has 4 nitrogen and oxygen atoms in total. The first-order valence-electron chi connectivity index (χ1n) is 6.17. The zero-order chi connectivity index (χ0) is 12.3. The van der Waals surface area contributed by atoms with E-state index in [0.717, 1.165) is 13.1 Å². The van der Waals surface area contributed by atoms with Crippen molar-refractivity contribution in [2.75, 3.05) is 20.1 Å².